The summed E-state index contributed by atoms with van der Waals surface area (Å²) in [5.41, 5.74) is 3.30. The van der Waals surface area contributed by atoms with E-state index in [0.29, 0.717) is 6.42 Å². The van der Waals surface area contributed by atoms with Gasteiger partial charge in [0, 0.05) is 18.5 Å². The van der Waals surface area contributed by atoms with E-state index in [1.54, 1.807) is 13.8 Å². The average Bonchev–Trinajstić information content (AvgIpc) is 3.11. The van der Waals surface area contributed by atoms with Crippen LogP contribution in [0.25, 0.3) is 11.1 Å². The Morgan fingerprint density at radius 1 is 1.06 bits per heavy atom. The minimum Gasteiger partial charge on any atom is -0.481 e. The van der Waals surface area contributed by atoms with Crippen molar-refractivity contribution in [2.45, 2.75) is 58.0 Å². The summed E-state index contributed by atoms with van der Waals surface area (Å²) in [5, 5.41) is 11.8. The zero-order valence-electron chi connectivity index (χ0n) is 19.6. The van der Waals surface area contributed by atoms with Crippen LogP contribution < -0.4 is 5.32 Å². The Bertz CT molecular complexity index is 989. The first-order valence-corrected chi connectivity index (χ1v) is 11.3. The largest absolute Gasteiger partial charge is 0.481 e. The van der Waals surface area contributed by atoms with Crippen LogP contribution in [-0.4, -0.2) is 52.7 Å². The maximum absolute atomic E-state index is 13.2. The molecule has 0 aliphatic heterocycles. The van der Waals surface area contributed by atoms with Crippen molar-refractivity contribution >= 4 is 18.0 Å². The summed E-state index contributed by atoms with van der Waals surface area (Å²) in [5.74, 6) is -1.37. The predicted molar refractivity (Wildman–Crippen MR) is 126 cm³/mol. The minimum absolute atomic E-state index is 0.0746. The second-order valence-corrected chi connectivity index (χ2v) is 8.87. The van der Waals surface area contributed by atoms with Gasteiger partial charge in [-0.3, -0.25) is 9.59 Å². The van der Waals surface area contributed by atoms with E-state index in [-0.39, 0.29) is 37.4 Å². The molecule has 176 valence electrons. The molecule has 0 aromatic heterocycles. The lowest BCUT2D eigenvalue weighted by Gasteiger charge is -2.36. The Balaban J connectivity index is 1.70. The number of fused-ring (bicyclic) bond motifs is 3. The van der Waals surface area contributed by atoms with Gasteiger partial charge < -0.3 is 20.1 Å². The van der Waals surface area contributed by atoms with Gasteiger partial charge in [-0.25, -0.2) is 4.79 Å². The fourth-order valence-electron chi connectivity index (χ4n) is 4.28. The maximum atomic E-state index is 13.2. The first-order valence-electron chi connectivity index (χ1n) is 11.3. The number of ether oxygens (including phenoxy) is 1. The van der Waals surface area contributed by atoms with Crippen molar-refractivity contribution in [3.05, 3.63) is 59.7 Å². The molecule has 0 fully saturated rings. The number of nitrogens with one attached hydrogen (secondary N) is 1. The van der Waals surface area contributed by atoms with Crippen molar-refractivity contribution in [1.82, 2.24) is 10.2 Å². The molecule has 1 aliphatic rings. The van der Waals surface area contributed by atoms with Gasteiger partial charge in [0.2, 0.25) is 5.91 Å². The summed E-state index contributed by atoms with van der Waals surface area (Å²) in [7, 11) is 0. The number of carboxylic acids is 1. The molecule has 3 rings (SSSR count). The standard InChI is InChI=1S/C26H32N2O5/c1-5-26(4,24(31)28(17(2)3)15-14-23(29)30)27-25(32)33-16-22-20-12-8-6-10-18(20)19-11-7-9-13-21(19)22/h6-13,17,22H,5,14-16H2,1-4H3,(H,27,32)(H,29,30). The second-order valence-electron chi connectivity index (χ2n) is 8.87. The highest BCUT2D eigenvalue weighted by atomic mass is 16.5. The van der Waals surface area contributed by atoms with Crippen LogP contribution in [-0.2, 0) is 14.3 Å². The lowest BCUT2D eigenvalue weighted by atomic mass is 9.96. The monoisotopic (exact) mass is 452 g/mol. The molecule has 0 saturated carbocycles. The Kier molecular flexibility index (Phi) is 7.41. The van der Waals surface area contributed by atoms with E-state index >= 15 is 0 Å². The Morgan fingerprint density at radius 3 is 2.09 bits per heavy atom. The number of amides is 2. The SMILES string of the molecule is CCC(C)(NC(=O)OCC1c2ccccc2-c2ccccc21)C(=O)N(CCC(=O)O)C(C)C. The summed E-state index contributed by atoms with van der Waals surface area (Å²) in [6, 6.07) is 16.0. The molecule has 2 aromatic carbocycles. The predicted octanol–water partition coefficient (Wildman–Crippen LogP) is 4.41. The van der Waals surface area contributed by atoms with E-state index in [4.69, 9.17) is 9.84 Å². The molecule has 1 atom stereocenters. The van der Waals surface area contributed by atoms with Gasteiger partial charge in [0.1, 0.15) is 12.1 Å². The summed E-state index contributed by atoms with van der Waals surface area (Å²) in [4.78, 5) is 38.5. The lowest BCUT2D eigenvalue weighted by Crippen LogP contribution is -2.59. The van der Waals surface area contributed by atoms with E-state index < -0.39 is 17.6 Å². The van der Waals surface area contributed by atoms with Gasteiger partial charge in [-0.1, -0.05) is 55.5 Å². The van der Waals surface area contributed by atoms with Crippen LogP contribution in [0, 0.1) is 0 Å². The van der Waals surface area contributed by atoms with Crippen LogP contribution in [0.2, 0.25) is 0 Å². The summed E-state index contributed by atoms with van der Waals surface area (Å²) in [6.07, 6.45) is -0.488. The number of hydrogen-bond acceptors (Lipinski definition) is 4. The van der Waals surface area contributed by atoms with E-state index in [0.717, 1.165) is 22.3 Å². The van der Waals surface area contributed by atoms with Gasteiger partial charge in [0.05, 0.1) is 6.42 Å². The number of benzene rings is 2. The molecule has 2 N–H and O–H groups in total. The Labute approximate surface area is 194 Å². The average molecular weight is 453 g/mol. The van der Waals surface area contributed by atoms with Gasteiger partial charge in [-0.05, 0) is 49.4 Å². The first kappa shape index (κ1) is 24.3. The Morgan fingerprint density at radius 2 is 1.61 bits per heavy atom. The molecule has 33 heavy (non-hydrogen) atoms. The molecule has 1 aliphatic carbocycles. The molecule has 7 nitrogen and oxygen atoms in total. The maximum Gasteiger partial charge on any atom is 0.408 e. The number of rotatable bonds is 9. The van der Waals surface area contributed by atoms with Crippen molar-refractivity contribution in [3.63, 3.8) is 0 Å². The van der Waals surface area contributed by atoms with Gasteiger partial charge in [0.25, 0.3) is 0 Å². The zero-order valence-corrected chi connectivity index (χ0v) is 19.6. The van der Waals surface area contributed by atoms with Crippen molar-refractivity contribution in [2.75, 3.05) is 13.2 Å². The van der Waals surface area contributed by atoms with E-state index in [1.807, 2.05) is 50.2 Å². The molecule has 0 saturated heterocycles. The van der Waals surface area contributed by atoms with Crippen molar-refractivity contribution in [2.24, 2.45) is 0 Å². The summed E-state index contributed by atoms with van der Waals surface area (Å²) < 4.78 is 5.61. The van der Waals surface area contributed by atoms with Crippen molar-refractivity contribution in [1.29, 1.82) is 0 Å². The third-order valence-corrected chi connectivity index (χ3v) is 6.35. The van der Waals surface area contributed by atoms with Crippen molar-refractivity contribution in [3.8, 4) is 11.1 Å². The Hall–Kier alpha value is -3.35. The molecule has 0 radical (unpaired) electrons. The number of carbonyl (C=O) groups excluding carboxylic acids is 2. The third kappa shape index (κ3) is 5.18. The minimum atomic E-state index is -1.20. The van der Waals surface area contributed by atoms with E-state index in [9.17, 15) is 14.4 Å². The second kappa shape index (κ2) is 10.1. The van der Waals surface area contributed by atoms with Gasteiger partial charge >= 0.3 is 12.1 Å². The first-order chi connectivity index (χ1) is 15.7. The van der Waals surface area contributed by atoms with E-state index in [1.165, 1.54) is 4.90 Å². The van der Waals surface area contributed by atoms with Crippen LogP contribution in [0.5, 0.6) is 0 Å². The van der Waals surface area contributed by atoms with Gasteiger partial charge in [0.15, 0.2) is 0 Å². The highest BCUT2D eigenvalue weighted by Gasteiger charge is 2.38. The number of carboxylic acid groups (broad SMARTS) is 1. The quantitative estimate of drug-likeness (QED) is 0.588. The summed E-state index contributed by atoms with van der Waals surface area (Å²) in [6.45, 7) is 7.32. The molecule has 0 heterocycles. The fourth-order valence-corrected chi connectivity index (χ4v) is 4.28. The zero-order chi connectivity index (χ0) is 24.2. The third-order valence-electron chi connectivity index (χ3n) is 6.35. The van der Waals surface area contributed by atoms with Crippen LogP contribution in [0.4, 0.5) is 4.79 Å². The normalized spacial score (nSPS) is 14.2. The highest BCUT2D eigenvalue weighted by Crippen LogP contribution is 2.44. The van der Waals surface area contributed by atoms with Crippen LogP contribution in [0.15, 0.2) is 48.5 Å². The molecule has 1 unspecified atom stereocenters. The molecular formula is C26H32N2O5. The van der Waals surface area contributed by atoms with Crippen molar-refractivity contribution < 1.29 is 24.2 Å². The smallest absolute Gasteiger partial charge is 0.408 e. The fraction of sp³-hybridized carbons (Fsp3) is 0.423. The molecule has 0 spiro atoms. The van der Waals surface area contributed by atoms with Crippen LogP contribution in [0.1, 0.15) is 57.6 Å². The van der Waals surface area contributed by atoms with Gasteiger partial charge in [-0.2, -0.15) is 0 Å². The lowest BCUT2D eigenvalue weighted by molar-refractivity contribution is -0.142. The molecule has 7 heteroatoms. The summed E-state index contributed by atoms with van der Waals surface area (Å²) >= 11 is 0. The van der Waals surface area contributed by atoms with Crippen LogP contribution in [0.3, 0.4) is 0 Å². The molecule has 2 amide bonds. The number of aliphatic carboxylic acids is 1. The van der Waals surface area contributed by atoms with Gasteiger partial charge in [-0.15, -0.1) is 0 Å². The molecule has 2 aromatic rings. The van der Waals surface area contributed by atoms with Crippen LogP contribution >= 0.6 is 0 Å². The number of nitrogens with zero attached hydrogens (tertiary/aromatic N) is 1. The topological polar surface area (TPSA) is 95.9 Å². The van der Waals surface area contributed by atoms with E-state index in [2.05, 4.69) is 17.4 Å². The number of carbonyl (C=O) groups is 3. The molecular weight excluding hydrogens is 420 g/mol. The number of alkyl carbamates (subject to hydrolysis) is 1. The number of hydrogen-bond donors (Lipinski definition) is 2. The highest BCUT2D eigenvalue weighted by molar-refractivity contribution is 5.90. The molecule has 0 bridgehead atoms.